The molecule has 4 heteroatoms. The second kappa shape index (κ2) is 11.5. The van der Waals surface area contributed by atoms with Gasteiger partial charge in [-0.3, -0.25) is 4.79 Å². The number of rotatable bonds is 8. The number of ether oxygens (including phenoxy) is 1. The smallest absolute Gasteiger partial charge is 0.313 e. The standard InChI is InChI=1S/C20H31NO2.ClH/c1-3-17(2)19(18-11-6-4-7-12-18)20(22)23-16-10-15-21-13-8-5-9-14-21;/h4,6-7,11-12,17,19H,3,5,8-10,13-16H2,1-2H3;1H. The fraction of sp³-hybridized carbons (Fsp3) is 0.650. The SMILES string of the molecule is CCC(C)C(C(=O)OCCCN1CCCCC1)c1ccccc1.Cl. The van der Waals surface area contributed by atoms with E-state index in [1.165, 1.54) is 32.4 Å². The molecule has 0 N–H and O–H groups in total. The van der Waals surface area contributed by atoms with Crippen LogP contribution in [-0.4, -0.2) is 37.1 Å². The van der Waals surface area contributed by atoms with E-state index < -0.39 is 0 Å². The highest BCUT2D eigenvalue weighted by atomic mass is 35.5. The van der Waals surface area contributed by atoms with Crippen LogP contribution in [0, 0.1) is 5.92 Å². The number of esters is 1. The van der Waals surface area contributed by atoms with E-state index in [9.17, 15) is 4.79 Å². The van der Waals surface area contributed by atoms with E-state index in [1.54, 1.807) is 0 Å². The number of benzene rings is 1. The van der Waals surface area contributed by atoms with Gasteiger partial charge in [0.05, 0.1) is 12.5 Å². The van der Waals surface area contributed by atoms with Gasteiger partial charge in [-0.2, -0.15) is 0 Å². The average molecular weight is 354 g/mol. The summed E-state index contributed by atoms with van der Waals surface area (Å²) in [6, 6.07) is 10.0. The second-order valence-electron chi connectivity index (χ2n) is 6.70. The Morgan fingerprint density at radius 2 is 1.83 bits per heavy atom. The third kappa shape index (κ3) is 6.45. The normalized spacial score (nSPS) is 17.6. The molecule has 2 unspecified atom stereocenters. The molecule has 1 aromatic rings. The molecule has 1 saturated heterocycles. The van der Waals surface area contributed by atoms with Crippen LogP contribution in [0.3, 0.4) is 0 Å². The maximum Gasteiger partial charge on any atom is 0.313 e. The number of nitrogens with zero attached hydrogens (tertiary/aromatic N) is 1. The summed E-state index contributed by atoms with van der Waals surface area (Å²) in [6.45, 7) is 8.25. The summed E-state index contributed by atoms with van der Waals surface area (Å²) in [5, 5.41) is 0. The van der Waals surface area contributed by atoms with Crippen LogP contribution in [0.25, 0.3) is 0 Å². The Balaban J connectivity index is 0.00000288. The van der Waals surface area contributed by atoms with Gasteiger partial charge in [-0.1, -0.05) is 57.0 Å². The molecule has 1 aromatic carbocycles. The third-order valence-electron chi connectivity index (χ3n) is 4.94. The largest absolute Gasteiger partial charge is 0.465 e. The van der Waals surface area contributed by atoms with Crippen LogP contribution in [0.4, 0.5) is 0 Å². The van der Waals surface area contributed by atoms with E-state index >= 15 is 0 Å². The average Bonchev–Trinajstić information content (AvgIpc) is 2.60. The number of piperidine rings is 1. The highest BCUT2D eigenvalue weighted by molar-refractivity contribution is 5.85. The molecular weight excluding hydrogens is 322 g/mol. The number of hydrogen-bond donors (Lipinski definition) is 0. The van der Waals surface area contributed by atoms with Gasteiger partial charge in [0.25, 0.3) is 0 Å². The van der Waals surface area contributed by atoms with Crippen molar-refractivity contribution >= 4 is 18.4 Å². The van der Waals surface area contributed by atoms with E-state index in [4.69, 9.17) is 4.74 Å². The lowest BCUT2D eigenvalue weighted by atomic mass is 9.86. The Hall–Kier alpha value is -1.06. The Morgan fingerprint density at radius 3 is 2.46 bits per heavy atom. The minimum Gasteiger partial charge on any atom is -0.465 e. The van der Waals surface area contributed by atoms with Crippen molar-refractivity contribution < 1.29 is 9.53 Å². The molecule has 3 nitrogen and oxygen atoms in total. The van der Waals surface area contributed by atoms with Gasteiger partial charge in [-0.05, 0) is 43.8 Å². The highest BCUT2D eigenvalue weighted by Crippen LogP contribution is 2.28. The zero-order valence-electron chi connectivity index (χ0n) is 15.1. The Labute approximate surface area is 153 Å². The summed E-state index contributed by atoms with van der Waals surface area (Å²) >= 11 is 0. The molecule has 0 saturated carbocycles. The van der Waals surface area contributed by atoms with E-state index in [0.29, 0.717) is 12.5 Å². The Kier molecular flexibility index (Phi) is 10.0. The quantitative estimate of drug-likeness (QED) is 0.503. The van der Waals surface area contributed by atoms with Gasteiger partial charge < -0.3 is 9.64 Å². The molecule has 0 aliphatic carbocycles. The first-order valence-electron chi connectivity index (χ1n) is 9.16. The molecule has 2 atom stereocenters. The lowest BCUT2D eigenvalue weighted by molar-refractivity contribution is -0.147. The van der Waals surface area contributed by atoms with Crippen molar-refractivity contribution in [3.8, 4) is 0 Å². The van der Waals surface area contributed by atoms with Crippen LogP contribution < -0.4 is 0 Å². The third-order valence-corrected chi connectivity index (χ3v) is 4.94. The number of likely N-dealkylation sites (tertiary alicyclic amines) is 1. The first-order chi connectivity index (χ1) is 11.2. The summed E-state index contributed by atoms with van der Waals surface area (Å²) in [5.74, 6) is 0.0902. The molecule has 136 valence electrons. The predicted octanol–water partition coefficient (Wildman–Crippen LogP) is 4.66. The van der Waals surface area contributed by atoms with Gasteiger partial charge in [0, 0.05) is 6.54 Å². The van der Waals surface area contributed by atoms with Gasteiger partial charge >= 0.3 is 5.97 Å². The molecule has 1 fully saturated rings. The van der Waals surface area contributed by atoms with E-state index in [-0.39, 0.29) is 24.3 Å². The van der Waals surface area contributed by atoms with E-state index in [2.05, 4.69) is 18.7 Å². The minimum absolute atomic E-state index is 0. The Bertz CT molecular complexity index is 460. The van der Waals surface area contributed by atoms with Gasteiger partial charge in [0.1, 0.15) is 0 Å². The molecule has 24 heavy (non-hydrogen) atoms. The highest BCUT2D eigenvalue weighted by Gasteiger charge is 2.27. The van der Waals surface area contributed by atoms with Crippen molar-refractivity contribution in [3.05, 3.63) is 35.9 Å². The first kappa shape index (κ1) is 21.0. The molecule has 0 spiro atoms. The van der Waals surface area contributed by atoms with Crippen molar-refractivity contribution in [1.29, 1.82) is 0 Å². The first-order valence-corrected chi connectivity index (χ1v) is 9.16. The predicted molar refractivity (Wildman–Crippen MR) is 102 cm³/mol. The fourth-order valence-electron chi connectivity index (χ4n) is 3.33. The Morgan fingerprint density at radius 1 is 1.17 bits per heavy atom. The molecule has 1 aliphatic heterocycles. The summed E-state index contributed by atoms with van der Waals surface area (Å²) < 4.78 is 5.61. The summed E-state index contributed by atoms with van der Waals surface area (Å²) in [6.07, 6.45) is 5.89. The zero-order valence-corrected chi connectivity index (χ0v) is 15.9. The number of hydrogen-bond acceptors (Lipinski definition) is 3. The zero-order chi connectivity index (χ0) is 16.5. The van der Waals surface area contributed by atoms with Crippen molar-refractivity contribution in [2.75, 3.05) is 26.2 Å². The van der Waals surface area contributed by atoms with Crippen LogP contribution in [-0.2, 0) is 9.53 Å². The lowest BCUT2D eigenvalue weighted by Gasteiger charge is -2.26. The molecule has 1 aliphatic rings. The summed E-state index contributed by atoms with van der Waals surface area (Å²) in [5.41, 5.74) is 1.07. The lowest BCUT2D eigenvalue weighted by Crippen LogP contribution is -2.31. The minimum atomic E-state index is -0.142. The maximum atomic E-state index is 12.6. The van der Waals surface area contributed by atoms with Crippen molar-refractivity contribution in [2.45, 2.75) is 51.9 Å². The van der Waals surface area contributed by atoms with Gasteiger partial charge in [-0.15, -0.1) is 12.4 Å². The van der Waals surface area contributed by atoms with Gasteiger partial charge in [0.15, 0.2) is 0 Å². The van der Waals surface area contributed by atoms with Crippen molar-refractivity contribution in [3.63, 3.8) is 0 Å². The molecule has 0 bridgehead atoms. The van der Waals surface area contributed by atoms with Crippen LogP contribution in [0.2, 0.25) is 0 Å². The van der Waals surface area contributed by atoms with Crippen LogP contribution in [0.1, 0.15) is 57.4 Å². The van der Waals surface area contributed by atoms with E-state index in [1.807, 2.05) is 30.3 Å². The number of carbonyl (C=O) groups is 1. The number of carbonyl (C=O) groups excluding carboxylic acids is 1. The number of halogens is 1. The second-order valence-corrected chi connectivity index (χ2v) is 6.70. The van der Waals surface area contributed by atoms with E-state index in [0.717, 1.165) is 24.9 Å². The molecule has 0 amide bonds. The topological polar surface area (TPSA) is 29.5 Å². The molecule has 0 radical (unpaired) electrons. The van der Waals surface area contributed by atoms with Crippen LogP contribution >= 0.6 is 12.4 Å². The molecule has 0 aromatic heterocycles. The fourth-order valence-corrected chi connectivity index (χ4v) is 3.33. The summed E-state index contributed by atoms with van der Waals surface area (Å²) in [4.78, 5) is 15.0. The van der Waals surface area contributed by atoms with Gasteiger partial charge in [-0.25, -0.2) is 0 Å². The van der Waals surface area contributed by atoms with Crippen LogP contribution in [0.5, 0.6) is 0 Å². The van der Waals surface area contributed by atoms with Gasteiger partial charge in [0.2, 0.25) is 0 Å². The molecular formula is C20H32ClNO2. The molecule has 1 heterocycles. The maximum absolute atomic E-state index is 12.6. The summed E-state index contributed by atoms with van der Waals surface area (Å²) in [7, 11) is 0. The monoisotopic (exact) mass is 353 g/mol. The van der Waals surface area contributed by atoms with Crippen LogP contribution in [0.15, 0.2) is 30.3 Å². The van der Waals surface area contributed by atoms with Crippen molar-refractivity contribution in [2.24, 2.45) is 5.92 Å². The van der Waals surface area contributed by atoms with Crippen molar-refractivity contribution in [1.82, 2.24) is 4.90 Å². The molecule has 2 rings (SSSR count).